The van der Waals surface area contributed by atoms with E-state index >= 15 is 0 Å². The van der Waals surface area contributed by atoms with Gasteiger partial charge < -0.3 is 15.3 Å². The molecule has 3 aromatic heterocycles. The van der Waals surface area contributed by atoms with Gasteiger partial charge in [-0.15, -0.1) is 5.10 Å². The monoisotopic (exact) mass is 418 g/mol. The van der Waals surface area contributed by atoms with Crippen molar-refractivity contribution in [2.45, 2.75) is 19.7 Å². The minimum atomic E-state index is -0.269. The predicted molar refractivity (Wildman–Crippen MR) is 94.4 cm³/mol. The van der Waals surface area contributed by atoms with E-state index in [0.717, 1.165) is 10.2 Å². The van der Waals surface area contributed by atoms with Crippen molar-refractivity contribution in [1.29, 1.82) is 0 Å². The van der Waals surface area contributed by atoms with Crippen LogP contribution in [-0.2, 0) is 19.7 Å². The number of pyridine rings is 1. The maximum absolute atomic E-state index is 12.8. The number of urea groups is 1. The van der Waals surface area contributed by atoms with E-state index in [0.29, 0.717) is 36.8 Å². The molecule has 0 saturated carbocycles. The zero-order chi connectivity index (χ0) is 18.1. The van der Waals surface area contributed by atoms with E-state index in [-0.39, 0.29) is 12.6 Å². The first-order valence-electron chi connectivity index (χ1n) is 7.89. The molecule has 0 saturated heterocycles. The van der Waals surface area contributed by atoms with Crippen LogP contribution in [0.1, 0.15) is 11.4 Å². The van der Waals surface area contributed by atoms with Gasteiger partial charge in [0.25, 0.3) is 0 Å². The summed E-state index contributed by atoms with van der Waals surface area (Å²) in [6, 6.07) is 3.29. The van der Waals surface area contributed by atoms with Crippen LogP contribution in [0.25, 0.3) is 5.82 Å². The van der Waals surface area contributed by atoms with Crippen molar-refractivity contribution >= 4 is 27.6 Å². The second-order valence-corrected chi connectivity index (χ2v) is 6.61. The SMILES string of the molecule is O=C(Nc1cc(Br)cnc1-n1cccn1)N1CCn2nnc(CO)c2C1. The lowest BCUT2D eigenvalue weighted by Crippen LogP contribution is -2.41. The van der Waals surface area contributed by atoms with Crippen LogP contribution in [0.4, 0.5) is 10.5 Å². The molecule has 11 heteroatoms. The van der Waals surface area contributed by atoms with Gasteiger partial charge in [-0.25, -0.2) is 19.1 Å². The van der Waals surface area contributed by atoms with Crippen molar-refractivity contribution in [3.8, 4) is 5.82 Å². The Balaban J connectivity index is 1.57. The van der Waals surface area contributed by atoms with Crippen LogP contribution < -0.4 is 5.32 Å². The Hall–Kier alpha value is -2.79. The summed E-state index contributed by atoms with van der Waals surface area (Å²) in [7, 11) is 0. The molecule has 4 rings (SSSR count). The van der Waals surface area contributed by atoms with Crippen molar-refractivity contribution in [2.75, 3.05) is 11.9 Å². The van der Waals surface area contributed by atoms with Crippen LogP contribution in [0.3, 0.4) is 0 Å². The molecule has 0 spiro atoms. The van der Waals surface area contributed by atoms with Gasteiger partial charge >= 0.3 is 6.03 Å². The topological polar surface area (TPSA) is 114 Å². The van der Waals surface area contributed by atoms with E-state index in [1.165, 1.54) is 0 Å². The molecule has 3 aromatic rings. The summed E-state index contributed by atoms with van der Waals surface area (Å²) >= 11 is 3.38. The van der Waals surface area contributed by atoms with Gasteiger partial charge in [-0.05, 0) is 28.1 Å². The molecule has 1 aliphatic rings. The number of anilines is 1. The Bertz CT molecular complexity index is 926. The Morgan fingerprint density at radius 3 is 3.04 bits per heavy atom. The summed E-state index contributed by atoms with van der Waals surface area (Å²) in [6.07, 6.45) is 5.04. The first-order valence-corrected chi connectivity index (χ1v) is 8.68. The van der Waals surface area contributed by atoms with Gasteiger partial charge in [0.2, 0.25) is 0 Å². The highest BCUT2D eigenvalue weighted by Gasteiger charge is 2.25. The molecule has 0 fully saturated rings. The lowest BCUT2D eigenvalue weighted by Gasteiger charge is -2.28. The number of aromatic nitrogens is 6. The number of aliphatic hydroxyl groups excluding tert-OH is 1. The number of halogens is 1. The molecule has 2 amide bonds. The van der Waals surface area contributed by atoms with Crippen molar-refractivity contribution in [3.05, 3.63) is 46.6 Å². The van der Waals surface area contributed by atoms with Crippen LogP contribution >= 0.6 is 15.9 Å². The fraction of sp³-hybridized carbons (Fsp3) is 0.267. The first-order chi connectivity index (χ1) is 12.7. The maximum atomic E-state index is 12.8. The third-order valence-corrected chi connectivity index (χ3v) is 4.51. The van der Waals surface area contributed by atoms with E-state index in [9.17, 15) is 9.90 Å². The highest BCUT2D eigenvalue weighted by molar-refractivity contribution is 9.10. The summed E-state index contributed by atoms with van der Waals surface area (Å²) in [4.78, 5) is 18.7. The molecule has 134 valence electrons. The molecule has 0 aliphatic carbocycles. The number of carbonyl (C=O) groups excluding carboxylic acids is 1. The number of carbonyl (C=O) groups is 1. The fourth-order valence-electron chi connectivity index (χ4n) is 2.79. The van der Waals surface area contributed by atoms with Gasteiger partial charge in [-0.2, -0.15) is 5.10 Å². The smallest absolute Gasteiger partial charge is 0.322 e. The van der Waals surface area contributed by atoms with E-state index in [4.69, 9.17) is 0 Å². The van der Waals surface area contributed by atoms with E-state index in [2.05, 4.69) is 41.6 Å². The first kappa shape index (κ1) is 16.7. The largest absolute Gasteiger partial charge is 0.390 e. The lowest BCUT2D eigenvalue weighted by atomic mass is 10.2. The molecular formula is C15H15BrN8O2. The molecule has 0 bridgehead atoms. The summed E-state index contributed by atoms with van der Waals surface area (Å²) in [5.74, 6) is 0.520. The second-order valence-electron chi connectivity index (χ2n) is 5.69. The molecule has 26 heavy (non-hydrogen) atoms. The van der Waals surface area contributed by atoms with Crippen molar-refractivity contribution in [2.24, 2.45) is 0 Å². The number of amides is 2. The number of aliphatic hydroxyl groups is 1. The molecule has 0 aromatic carbocycles. The summed E-state index contributed by atoms with van der Waals surface area (Å²) < 4.78 is 4.04. The number of nitrogens with zero attached hydrogens (tertiary/aromatic N) is 7. The van der Waals surface area contributed by atoms with Gasteiger partial charge in [-0.1, -0.05) is 5.21 Å². The standard InChI is InChI=1S/C15H15BrN8O2/c16-10-6-11(14(17-7-10)24-3-1-2-18-24)19-15(26)22-4-5-23-13(8-22)12(9-25)20-21-23/h1-3,6-7,25H,4-5,8-9H2,(H,19,26). The Morgan fingerprint density at radius 1 is 1.38 bits per heavy atom. The molecule has 4 heterocycles. The van der Waals surface area contributed by atoms with E-state index < -0.39 is 0 Å². The Morgan fingerprint density at radius 2 is 2.27 bits per heavy atom. The van der Waals surface area contributed by atoms with Gasteiger partial charge in [-0.3, -0.25) is 0 Å². The predicted octanol–water partition coefficient (Wildman–Crippen LogP) is 1.16. The third-order valence-electron chi connectivity index (χ3n) is 4.07. The van der Waals surface area contributed by atoms with Gasteiger partial charge in [0.1, 0.15) is 5.69 Å². The van der Waals surface area contributed by atoms with Crippen LogP contribution in [0.2, 0.25) is 0 Å². The average Bonchev–Trinajstić information content (AvgIpc) is 3.30. The molecule has 10 nitrogen and oxygen atoms in total. The highest BCUT2D eigenvalue weighted by Crippen LogP contribution is 2.23. The number of fused-ring (bicyclic) bond motifs is 1. The number of hydrogen-bond acceptors (Lipinski definition) is 6. The lowest BCUT2D eigenvalue weighted by molar-refractivity contribution is 0.193. The summed E-state index contributed by atoms with van der Waals surface area (Å²) in [5, 5.41) is 24.3. The van der Waals surface area contributed by atoms with Gasteiger partial charge in [0.15, 0.2) is 5.82 Å². The zero-order valence-corrected chi connectivity index (χ0v) is 15.2. The average molecular weight is 419 g/mol. The van der Waals surface area contributed by atoms with Crippen molar-refractivity contribution in [1.82, 2.24) is 34.7 Å². The Labute approximate surface area is 156 Å². The van der Waals surface area contributed by atoms with Crippen molar-refractivity contribution in [3.63, 3.8) is 0 Å². The molecule has 0 atom stereocenters. The Kier molecular flexibility index (Phi) is 4.39. The third kappa shape index (κ3) is 3.06. The highest BCUT2D eigenvalue weighted by atomic mass is 79.9. The van der Waals surface area contributed by atoms with E-state index in [1.54, 1.807) is 45.0 Å². The second kappa shape index (κ2) is 6.84. The number of rotatable bonds is 3. The minimum absolute atomic E-state index is 0.205. The summed E-state index contributed by atoms with van der Waals surface area (Å²) in [5.41, 5.74) is 1.77. The van der Waals surface area contributed by atoms with Gasteiger partial charge in [0, 0.05) is 29.6 Å². The molecule has 0 unspecified atom stereocenters. The molecule has 1 aliphatic heterocycles. The molecule has 2 N–H and O–H groups in total. The van der Waals surface area contributed by atoms with Crippen LogP contribution in [0, 0.1) is 0 Å². The van der Waals surface area contributed by atoms with Crippen LogP contribution in [0.5, 0.6) is 0 Å². The molecule has 0 radical (unpaired) electrons. The quantitative estimate of drug-likeness (QED) is 0.659. The fourth-order valence-corrected chi connectivity index (χ4v) is 3.12. The maximum Gasteiger partial charge on any atom is 0.322 e. The van der Waals surface area contributed by atoms with E-state index in [1.807, 2.05) is 0 Å². The summed E-state index contributed by atoms with van der Waals surface area (Å²) in [6.45, 7) is 1.14. The molecular weight excluding hydrogens is 404 g/mol. The van der Waals surface area contributed by atoms with Crippen molar-refractivity contribution < 1.29 is 9.90 Å². The van der Waals surface area contributed by atoms with Gasteiger partial charge in [0.05, 0.1) is 31.1 Å². The normalized spacial score (nSPS) is 13.5. The number of nitrogens with one attached hydrogen (secondary N) is 1. The number of hydrogen-bond donors (Lipinski definition) is 2. The minimum Gasteiger partial charge on any atom is -0.390 e. The zero-order valence-electron chi connectivity index (χ0n) is 13.6. The van der Waals surface area contributed by atoms with Crippen LogP contribution in [0.15, 0.2) is 35.2 Å². The van der Waals surface area contributed by atoms with Crippen LogP contribution in [-0.4, -0.2) is 52.3 Å².